The molecule has 0 spiro atoms. The number of morpholine rings is 1. The number of nitrogens with one attached hydrogen (secondary N) is 1. The SMILES string of the molecule is CC(Oc1ccc(-n2cnnn2)cc1)C(=O)NCC1(CN2CCOCC2)CC1. The van der Waals surface area contributed by atoms with Crippen LogP contribution in [0.2, 0.25) is 0 Å². The Morgan fingerprint density at radius 1 is 1.29 bits per heavy atom. The van der Waals surface area contributed by atoms with E-state index in [1.165, 1.54) is 19.2 Å². The fourth-order valence-corrected chi connectivity index (χ4v) is 3.43. The summed E-state index contributed by atoms with van der Waals surface area (Å²) in [4.78, 5) is 14.9. The predicted octanol–water partition coefficient (Wildman–Crippen LogP) is 0.658. The van der Waals surface area contributed by atoms with Crippen LogP contribution in [-0.4, -0.2) is 76.5 Å². The Kier molecular flexibility index (Phi) is 5.54. The number of amides is 1. The zero-order valence-electron chi connectivity index (χ0n) is 16.1. The van der Waals surface area contributed by atoms with Crippen molar-refractivity contribution < 1.29 is 14.3 Å². The molecule has 9 heteroatoms. The summed E-state index contributed by atoms with van der Waals surface area (Å²) in [5.41, 5.74) is 1.05. The Labute approximate surface area is 164 Å². The molecule has 1 saturated carbocycles. The quantitative estimate of drug-likeness (QED) is 0.712. The van der Waals surface area contributed by atoms with Crippen LogP contribution in [0.1, 0.15) is 19.8 Å². The van der Waals surface area contributed by atoms with Gasteiger partial charge in [-0.2, -0.15) is 0 Å². The van der Waals surface area contributed by atoms with Gasteiger partial charge in [0.2, 0.25) is 0 Å². The minimum atomic E-state index is -0.557. The van der Waals surface area contributed by atoms with E-state index in [0.717, 1.165) is 38.5 Å². The third kappa shape index (κ3) is 4.66. The van der Waals surface area contributed by atoms with E-state index in [4.69, 9.17) is 9.47 Å². The fourth-order valence-electron chi connectivity index (χ4n) is 3.43. The van der Waals surface area contributed by atoms with E-state index in [0.29, 0.717) is 12.3 Å². The van der Waals surface area contributed by atoms with E-state index in [1.807, 2.05) is 24.3 Å². The molecule has 1 saturated heterocycles. The molecule has 1 N–H and O–H groups in total. The zero-order valence-corrected chi connectivity index (χ0v) is 16.1. The van der Waals surface area contributed by atoms with E-state index in [9.17, 15) is 4.79 Å². The number of hydrogen-bond acceptors (Lipinski definition) is 7. The summed E-state index contributed by atoms with van der Waals surface area (Å²) in [5.74, 6) is 0.548. The van der Waals surface area contributed by atoms with Crippen molar-refractivity contribution in [3.05, 3.63) is 30.6 Å². The van der Waals surface area contributed by atoms with E-state index in [2.05, 4.69) is 25.7 Å². The summed E-state index contributed by atoms with van der Waals surface area (Å²) < 4.78 is 12.8. The zero-order chi connectivity index (χ0) is 19.4. The van der Waals surface area contributed by atoms with Crippen LogP contribution in [0, 0.1) is 5.41 Å². The van der Waals surface area contributed by atoms with Crippen molar-refractivity contribution in [1.29, 1.82) is 0 Å². The second-order valence-electron chi connectivity index (χ2n) is 7.61. The van der Waals surface area contributed by atoms with Crippen molar-refractivity contribution in [3.8, 4) is 11.4 Å². The molecular weight excluding hydrogens is 360 g/mol. The van der Waals surface area contributed by atoms with Crippen molar-refractivity contribution in [2.45, 2.75) is 25.9 Å². The summed E-state index contributed by atoms with van der Waals surface area (Å²) in [7, 11) is 0. The molecule has 4 rings (SSSR count). The van der Waals surface area contributed by atoms with Crippen LogP contribution < -0.4 is 10.1 Å². The van der Waals surface area contributed by atoms with Crippen LogP contribution in [0.4, 0.5) is 0 Å². The van der Waals surface area contributed by atoms with Crippen molar-refractivity contribution in [1.82, 2.24) is 30.4 Å². The van der Waals surface area contributed by atoms with Gasteiger partial charge >= 0.3 is 0 Å². The van der Waals surface area contributed by atoms with Gasteiger partial charge in [0, 0.05) is 31.6 Å². The molecule has 2 aromatic rings. The predicted molar refractivity (Wildman–Crippen MR) is 101 cm³/mol. The number of aromatic nitrogens is 4. The van der Waals surface area contributed by atoms with Crippen LogP contribution in [0.25, 0.3) is 5.69 Å². The highest BCUT2D eigenvalue weighted by Gasteiger charge is 2.44. The monoisotopic (exact) mass is 386 g/mol. The Bertz CT molecular complexity index is 769. The number of carbonyl (C=O) groups excluding carboxylic acids is 1. The second-order valence-corrected chi connectivity index (χ2v) is 7.61. The first-order valence-corrected chi connectivity index (χ1v) is 9.72. The Morgan fingerprint density at radius 2 is 2.04 bits per heavy atom. The molecule has 2 fully saturated rings. The standard InChI is InChI=1S/C19H26N6O3/c1-15(28-17-4-2-16(3-5-17)25-14-21-22-23-25)18(26)20-12-19(6-7-19)13-24-8-10-27-11-9-24/h2-5,14-15H,6-13H2,1H3,(H,20,26). The van der Waals surface area contributed by atoms with Gasteiger partial charge in [0.1, 0.15) is 12.1 Å². The van der Waals surface area contributed by atoms with Gasteiger partial charge in [-0.05, 0) is 54.5 Å². The molecule has 1 aromatic carbocycles. The topological polar surface area (TPSA) is 94.4 Å². The molecule has 1 aliphatic heterocycles. The molecule has 150 valence electrons. The van der Waals surface area contributed by atoms with Gasteiger partial charge in [0.25, 0.3) is 5.91 Å². The Hall–Kier alpha value is -2.52. The van der Waals surface area contributed by atoms with E-state index in [1.54, 1.807) is 11.6 Å². The number of tetrazole rings is 1. The summed E-state index contributed by atoms with van der Waals surface area (Å²) in [5, 5.41) is 14.1. The summed E-state index contributed by atoms with van der Waals surface area (Å²) in [6, 6.07) is 7.30. The van der Waals surface area contributed by atoms with Crippen LogP contribution >= 0.6 is 0 Å². The lowest BCUT2D eigenvalue weighted by Crippen LogP contribution is -2.45. The van der Waals surface area contributed by atoms with Crippen molar-refractivity contribution >= 4 is 5.91 Å². The molecule has 1 unspecified atom stereocenters. The molecule has 9 nitrogen and oxygen atoms in total. The van der Waals surface area contributed by atoms with Gasteiger partial charge in [-0.25, -0.2) is 4.68 Å². The van der Waals surface area contributed by atoms with Crippen molar-refractivity contribution in [2.24, 2.45) is 5.41 Å². The molecule has 2 heterocycles. The molecule has 1 amide bonds. The van der Waals surface area contributed by atoms with E-state index >= 15 is 0 Å². The van der Waals surface area contributed by atoms with Gasteiger partial charge in [-0.1, -0.05) is 0 Å². The minimum absolute atomic E-state index is 0.0854. The number of benzene rings is 1. The average molecular weight is 386 g/mol. The van der Waals surface area contributed by atoms with Crippen LogP contribution in [0.3, 0.4) is 0 Å². The van der Waals surface area contributed by atoms with E-state index < -0.39 is 6.10 Å². The number of carbonyl (C=O) groups is 1. The second kappa shape index (κ2) is 8.24. The van der Waals surface area contributed by atoms with Crippen LogP contribution in [0.5, 0.6) is 5.75 Å². The smallest absolute Gasteiger partial charge is 0.260 e. The molecule has 0 radical (unpaired) electrons. The number of nitrogens with zero attached hydrogens (tertiary/aromatic N) is 5. The number of hydrogen-bond donors (Lipinski definition) is 1. The Balaban J connectivity index is 1.24. The maximum Gasteiger partial charge on any atom is 0.260 e. The first-order chi connectivity index (χ1) is 13.6. The molecular formula is C19H26N6O3. The number of rotatable bonds is 8. The summed E-state index contributed by atoms with van der Waals surface area (Å²) in [6.45, 7) is 7.08. The molecule has 1 aromatic heterocycles. The number of ether oxygens (including phenoxy) is 2. The maximum atomic E-state index is 12.5. The average Bonchev–Trinajstić information content (AvgIpc) is 3.26. The van der Waals surface area contributed by atoms with Crippen LogP contribution in [-0.2, 0) is 9.53 Å². The van der Waals surface area contributed by atoms with Gasteiger partial charge in [-0.15, -0.1) is 5.10 Å². The molecule has 1 atom stereocenters. The van der Waals surface area contributed by atoms with Crippen LogP contribution in [0.15, 0.2) is 30.6 Å². The molecule has 1 aliphatic carbocycles. The molecule has 0 bridgehead atoms. The van der Waals surface area contributed by atoms with Gasteiger partial charge in [0.15, 0.2) is 6.10 Å². The first kappa shape index (κ1) is 18.8. The fraction of sp³-hybridized carbons (Fsp3) is 0.579. The van der Waals surface area contributed by atoms with Gasteiger partial charge < -0.3 is 14.8 Å². The lowest BCUT2D eigenvalue weighted by atomic mass is 10.1. The molecule has 28 heavy (non-hydrogen) atoms. The lowest BCUT2D eigenvalue weighted by Gasteiger charge is -2.30. The summed E-state index contributed by atoms with van der Waals surface area (Å²) in [6.07, 6.45) is 3.30. The molecule has 2 aliphatic rings. The van der Waals surface area contributed by atoms with Crippen molar-refractivity contribution in [2.75, 3.05) is 39.4 Å². The normalized spacial score (nSPS) is 19.8. The summed E-state index contributed by atoms with van der Waals surface area (Å²) >= 11 is 0. The maximum absolute atomic E-state index is 12.5. The first-order valence-electron chi connectivity index (χ1n) is 9.72. The highest BCUT2D eigenvalue weighted by molar-refractivity contribution is 5.80. The highest BCUT2D eigenvalue weighted by atomic mass is 16.5. The lowest BCUT2D eigenvalue weighted by molar-refractivity contribution is -0.127. The van der Waals surface area contributed by atoms with E-state index in [-0.39, 0.29) is 11.3 Å². The van der Waals surface area contributed by atoms with Crippen molar-refractivity contribution in [3.63, 3.8) is 0 Å². The largest absolute Gasteiger partial charge is 0.481 e. The van der Waals surface area contributed by atoms with Gasteiger partial charge in [0.05, 0.1) is 18.9 Å². The third-order valence-corrected chi connectivity index (χ3v) is 5.39. The third-order valence-electron chi connectivity index (χ3n) is 5.39. The highest BCUT2D eigenvalue weighted by Crippen LogP contribution is 2.45. The van der Waals surface area contributed by atoms with Gasteiger partial charge in [-0.3, -0.25) is 9.69 Å². The Morgan fingerprint density at radius 3 is 2.68 bits per heavy atom. The minimum Gasteiger partial charge on any atom is -0.481 e.